The van der Waals surface area contributed by atoms with Crippen LogP contribution in [0.25, 0.3) is 11.5 Å². The minimum atomic E-state index is 0.487. The summed E-state index contributed by atoms with van der Waals surface area (Å²) in [7, 11) is 0. The molecular weight excluding hydrogens is 354 g/mol. The summed E-state index contributed by atoms with van der Waals surface area (Å²) < 4.78 is 10.4. The highest BCUT2D eigenvalue weighted by Crippen LogP contribution is 2.18. The highest BCUT2D eigenvalue weighted by molar-refractivity contribution is 5.54. The van der Waals surface area contributed by atoms with E-state index in [0.29, 0.717) is 12.4 Å². The van der Waals surface area contributed by atoms with E-state index in [0.717, 1.165) is 47.9 Å². The summed E-state index contributed by atoms with van der Waals surface area (Å²) in [5.41, 5.74) is 2.95. The molecule has 0 fully saturated rings. The van der Waals surface area contributed by atoms with Crippen molar-refractivity contribution in [3.05, 3.63) is 77.6 Å². The van der Waals surface area contributed by atoms with Gasteiger partial charge < -0.3 is 14.4 Å². The number of hydrogen-bond acceptors (Lipinski definition) is 7. The Morgan fingerprint density at radius 2 is 1.86 bits per heavy atom. The lowest BCUT2D eigenvalue weighted by Crippen LogP contribution is -2.01. The molecule has 28 heavy (non-hydrogen) atoms. The van der Waals surface area contributed by atoms with E-state index in [-0.39, 0.29) is 0 Å². The van der Waals surface area contributed by atoms with E-state index in [1.807, 2.05) is 31.2 Å². The molecule has 0 saturated carbocycles. The van der Waals surface area contributed by atoms with Gasteiger partial charge in [0.2, 0.25) is 0 Å². The van der Waals surface area contributed by atoms with Crippen molar-refractivity contribution >= 4 is 5.82 Å². The number of nitrogens with one attached hydrogen (secondary N) is 1. The second kappa shape index (κ2) is 8.47. The van der Waals surface area contributed by atoms with E-state index >= 15 is 0 Å². The molecule has 0 atom stereocenters. The van der Waals surface area contributed by atoms with Crippen molar-refractivity contribution < 1.29 is 9.05 Å². The maximum absolute atomic E-state index is 5.38. The number of nitrogens with zero attached hydrogens (tertiary/aromatic N) is 4. The summed E-state index contributed by atoms with van der Waals surface area (Å²) in [5.74, 6) is 2.73. The van der Waals surface area contributed by atoms with Gasteiger partial charge in [-0.15, -0.1) is 0 Å². The van der Waals surface area contributed by atoms with Crippen LogP contribution < -0.4 is 5.32 Å². The Morgan fingerprint density at radius 1 is 0.964 bits per heavy atom. The fraction of sp³-hybridized carbons (Fsp3) is 0.238. The van der Waals surface area contributed by atoms with Gasteiger partial charge in [0.05, 0.1) is 12.1 Å². The zero-order valence-corrected chi connectivity index (χ0v) is 15.6. The molecule has 1 N–H and O–H groups in total. The fourth-order valence-corrected chi connectivity index (χ4v) is 2.88. The van der Waals surface area contributed by atoms with E-state index in [9.17, 15) is 0 Å². The molecule has 0 radical (unpaired) electrons. The average Bonchev–Trinajstić information content (AvgIpc) is 3.37. The monoisotopic (exact) mass is 375 g/mol. The first kappa shape index (κ1) is 17.9. The number of rotatable bonds is 8. The molecule has 4 rings (SSSR count). The molecule has 0 aliphatic rings. The quantitative estimate of drug-likeness (QED) is 0.493. The fourth-order valence-electron chi connectivity index (χ4n) is 2.88. The second-order valence-corrected chi connectivity index (χ2v) is 6.57. The molecule has 3 aromatic heterocycles. The molecule has 142 valence electrons. The molecule has 0 aliphatic heterocycles. The van der Waals surface area contributed by atoms with Crippen molar-refractivity contribution in [1.82, 2.24) is 20.3 Å². The van der Waals surface area contributed by atoms with E-state index < -0.39 is 0 Å². The Labute approximate surface area is 162 Å². The molecule has 7 nitrogen and oxygen atoms in total. The normalized spacial score (nSPS) is 10.9. The molecule has 0 aliphatic carbocycles. The minimum Gasteiger partial charge on any atom is -0.364 e. The van der Waals surface area contributed by atoms with E-state index in [4.69, 9.17) is 9.05 Å². The van der Waals surface area contributed by atoms with E-state index in [1.165, 1.54) is 5.56 Å². The molecule has 3 heterocycles. The van der Waals surface area contributed by atoms with Gasteiger partial charge in [-0.05, 0) is 37.5 Å². The smallest absolute Gasteiger partial charge is 0.259 e. The van der Waals surface area contributed by atoms with Crippen LogP contribution in [0.1, 0.15) is 29.3 Å². The first-order valence-electron chi connectivity index (χ1n) is 9.25. The average molecular weight is 375 g/mol. The zero-order chi connectivity index (χ0) is 19.2. The number of anilines is 1. The molecule has 0 bridgehead atoms. The number of benzene rings is 1. The highest BCUT2D eigenvalue weighted by atomic mass is 16.5. The molecule has 0 amide bonds. The Morgan fingerprint density at radius 3 is 2.61 bits per heavy atom. The third-order valence-corrected chi connectivity index (χ3v) is 4.31. The Bertz CT molecular complexity index is 1010. The maximum atomic E-state index is 5.38. The summed E-state index contributed by atoms with van der Waals surface area (Å²) in [5, 5.41) is 11.2. The van der Waals surface area contributed by atoms with E-state index in [2.05, 4.69) is 49.9 Å². The van der Waals surface area contributed by atoms with Gasteiger partial charge in [-0.1, -0.05) is 40.6 Å². The van der Waals surface area contributed by atoms with Gasteiger partial charge in [-0.3, -0.25) is 0 Å². The van der Waals surface area contributed by atoms with Crippen molar-refractivity contribution in [2.24, 2.45) is 0 Å². The number of aryl methyl sites for hydroxylation is 3. The summed E-state index contributed by atoms with van der Waals surface area (Å²) in [6.07, 6.45) is 4.48. The topological polar surface area (TPSA) is 89.9 Å². The Hall–Kier alpha value is -3.48. The molecule has 1 aromatic carbocycles. The van der Waals surface area contributed by atoms with Crippen LogP contribution in [0.4, 0.5) is 5.82 Å². The van der Waals surface area contributed by atoms with Crippen molar-refractivity contribution in [2.45, 2.75) is 32.7 Å². The standard InChI is InChI=1S/C21H21N5O2/c1-15-12-18(25-27-15)14-23-19-11-10-17(13-22-19)21-24-20(26-28-21)9-5-8-16-6-3-2-4-7-16/h2-4,6-7,10-13H,5,8-9,14H2,1H3,(H,22,23). The minimum absolute atomic E-state index is 0.487. The van der Waals surface area contributed by atoms with Gasteiger partial charge in [-0.2, -0.15) is 4.98 Å². The molecule has 0 saturated heterocycles. The lowest BCUT2D eigenvalue weighted by Gasteiger charge is -2.02. The van der Waals surface area contributed by atoms with Gasteiger partial charge in [0.1, 0.15) is 17.3 Å². The molecule has 0 unspecified atom stereocenters. The number of pyridine rings is 1. The Balaban J connectivity index is 1.30. The first-order valence-corrected chi connectivity index (χ1v) is 9.25. The molecular formula is C21H21N5O2. The van der Waals surface area contributed by atoms with E-state index in [1.54, 1.807) is 6.20 Å². The summed E-state index contributed by atoms with van der Waals surface area (Å²) in [6, 6.07) is 16.1. The van der Waals surface area contributed by atoms with Gasteiger partial charge in [0.25, 0.3) is 5.89 Å². The van der Waals surface area contributed by atoms with Gasteiger partial charge in [0, 0.05) is 18.7 Å². The third kappa shape index (κ3) is 4.62. The van der Waals surface area contributed by atoms with Gasteiger partial charge >= 0.3 is 0 Å². The van der Waals surface area contributed by atoms with Crippen LogP contribution >= 0.6 is 0 Å². The van der Waals surface area contributed by atoms with Crippen LogP contribution in [-0.2, 0) is 19.4 Å². The highest BCUT2D eigenvalue weighted by Gasteiger charge is 2.10. The van der Waals surface area contributed by atoms with Crippen molar-refractivity contribution in [3.8, 4) is 11.5 Å². The summed E-state index contributed by atoms with van der Waals surface area (Å²) in [4.78, 5) is 8.87. The zero-order valence-electron chi connectivity index (χ0n) is 15.6. The predicted octanol–water partition coefficient (Wildman–Crippen LogP) is 4.22. The van der Waals surface area contributed by atoms with Crippen molar-refractivity contribution in [3.63, 3.8) is 0 Å². The Kier molecular flexibility index (Phi) is 5.42. The van der Waals surface area contributed by atoms with Gasteiger partial charge in [0.15, 0.2) is 5.82 Å². The number of hydrogen-bond donors (Lipinski definition) is 1. The summed E-state index contributed by atoms with van der Waals surface area (Å²) in [6.45, 7) is 2.42. The van der Waals surface area contributed by atoms with Crippen LogP contribution in [0.15, 0.2) is 63.8 Å². The number of aromatic nitrogens is 4. The van der Waals surface area contributed by atoms with Crippen LogP contribution in [-0.4, -0.2) is 20.3 Å². The molecule has 4 aromatic rings. The van der Waals surface area contributed by atoms with Crippen LogP contribution in [0.5, 0.6) is 0 Å². The molecule has 7 heteroatoms. The summed E-state index contributed by atoms with van der Waals surface area (Å²) >= 11 is 0. The second-order valence-electron chi connectivity index (χ2n) is 6.57. The SMILES string of the molecule is Cc1cc(CNc2ccc(-c3nc(CCCc4ccccc4)no3)cn2)no1. The van der Waals surface area contributed by atoms with Crippen LogP contribution in [0.3, 0.4) is 0 Å². The van der Waals surface area contributed by atoms with Crippen LogP contribution in [0, 0.1) is 6.92 Å². The first-order chi connectivity index (χ1) is 13.8. The maximum Gasteiger partial charge on any atom is 0.259 e. The largest absolute Gasteiger partial charge is 0.364 e. The predicted molar refractivity (Wildman–Crippen MR) is 105 cm³/mol. The van der Waals surface area contributed by atoms with Crippen molar-refractivity contribution in [2.75, 3.05) is 5.32 Å². The molecule has 0 spiro atoms. The van der Waals surface area contributed by atoms with Crippen molar-refractivity contribution in [1.29, 1.82) is 0 Å². The lowest BCUT2D eigenvalue weighted by atomic mass is 10.1. The lowest BCUT2D eigenvalue weighted by molar-refractivity contribution is 0.391. The third-order valence-electron chi connectivity index (χ3n) is 4.31. The van der Waals surface area contributed by atoms with Gasteiger partial charge in [-0.25, -0.2) is 4.98 Å². The van der Waals surface area contributed by atoms with Crippen LogP contribution in [0.2, 0.25) is 0 Å².